The predicted molar refractivity (Wildman–Crippen MR) is 134 cm³/mol. The number of carbonyl (C=O) groups excluding carboxylic acids is 2. The molecule has 2 aliphatic rings. The zero-order valence-corrected chi connectivity index (χ0v) is 20.3. The summed E-state index contributed by atoms with van der Waals surface area (Å²) < 4.78 is 13.6. The van der Waals surface area contributed by atoms with Crippen molar-refractivity contribution in [2.75, 3.05) is 4.90 Å². The second-order valence-corrected chi connectivity index (χ2v) is 10.6. The largest absolute Gasteiger partial charge is 0.349 e. The molecule has 5 nitrogen and oxygen atoms in total. The summed E-state index contributed by atoms with van der Waals surface area (Å²) in [4.78, 5) is 29.5. The first-order valence-corrected chi connectivity index (χ1v) is 12.9. The Morgan fingerprint density at radius 2 is 1.76 bits per heavy atom. The van der Waals surface area contributed by atoms with Crippen LogP contribution in [0, 0.1) is 13.8 Å². The number of aryl methyl sites for hydroxylation is 2. The summed E-state index contributed by atoms with van der Waals surface area (Å²) in [6, 6.07) is 18.6. The van der Waals surface area contributed by atoms with E-state index in [0.29, 0.717) is 33.2 Å². The summed E-state index contributed by atoms with van der Waals surface area (Å²) >= 11 is 0. The van der Waals surface area contributed by atoms with Gasteiger partial charge in [0.1, 0.15) is 0 Å². The summed E-state index contributed by atoms with van der Waals surface area (Å²) in [7, 11) is -1.54. The molecule has 3 aromatic rings. The first-order valence-electron chi connectivity index (χ1n) is 11.8. The van der Waals surface area contributed by atoms with Crippen LogP contribution in [0.15, 0.2) is 70.5 Å². The maximum atomic E-state index is 13.8. The Balaban J connectivity index is 1.61. The average Bonchev–Trinajstić information content (AvgIpc) is 3.34. The minimum Gasteiger partial charge on any atom is -0.349 e. The normalized spacial score (nSPS) is 17.8. The van der Waals surface area contributed by atoms with Crippen LogP contribution < -0.4 is 10.2 Å². The minimum absolute atomic E-state index is 0.152. The molecule has 2 amide bonds. The van der Waals surface area contributed by atoms with Crippen molar-refractivity contribution in [2.24, 2.45) is 0 Å². The van der Waals surface area contributed by atoms with Crippen molar-refractivity contribution in [3.05, 3.63) is 88.5 Å². The van der Waals surface area contributed by atoms with Crippen molar-refractivity contribution in [2.45, 2.75) is 61.9 Å². The summed E-state index contributed by atoms with van der Waals surface area (Å²) in [5.74, 6) is -0.363. The molecule has 0 radical (unpaired) electrons. The Hall–Kier alpha value is -3.25. The number of hydrogen-bond donors (Lipinski definition) is 1. The van der Waals surface area contributed by atoms with Gasteiger partial charge in [0.05, 0.1) is 38.4 Å². The lowest BCUT2D eigenvalue weighted by Gasteiger charge is -2.25. The monoisotopic (exact) mass is 472 g/mol. The van der Waals surface area contributed by atoms with Crippen molar-refractivity contribution in [3.63, 3.8) is 0 Å². The van der Waals surface area contributed by atoms with Crippen molar-refractivity contribution in [1.82, 2.24) is 5.32 Å². The number of fused-ring (bicyclic) bond motifs is 2. The van der Waals surface area contributed by atoms with E-state index in [-0.39, 0.29) is 17.9 Å². The molecule has 0 saturated heterocycles. The summed E-state index contributed by atoms with van der Waals surface area (Å²) in [5, 5.41) is 3.12. The molecule has 34 heavy (non-hydrogen) atoms. The van der Waals surface area contributed by atoms with Crippen LogP contribution in [-0.2, 0) is 17.3 Å². The number of hydrogen-bond acceptors (Lipinski definition) is 3. The van der Waals surface area contributed by atoms with Crippen LogP contribution >= 0.6 is 0 Å². The van der Waals surface area contributed by atoms with E-state index in [4.69, 9.17) is 0 Å². The second-order valence-electron chi connectivity index (χ2n) is 9.22. The van der Waals surface area contributed by atoms with Gasteiger partial charge in [-0.1, -0.05) is 48.7 Å². The molecule has 0 unspecified atom stereocenters. The van der Waals surface area contributed by atoms with E-state index in [0.717, 1.165) is 42.4 Å². The lowest BCUT2D eigenvalue weighted by Crippen LogP contribution is -2.33. The van der Waals surface area contributed by atoms with Gasteiger partial charge in [0.15, 0.2) is 0 Å². The molecule has 1 saturated carbocycles. The second kappa shape index (κ2) is 9.18. The molecule has 174 valence electrons. The van der Waals surface area contributed by atoms with Crippen LogP contribution in [-0.4, -0.2) is 22.1 Å². The van der Waals surface area contributed by atoms with Crippen LogP contribution in [0.25, 0.3) is 0 Å². The molecule has 1 aliphatic heterocycles. The quantitative estimate of drug-likeness (QED) is 0.560. The van der Waals surface area contributed by atoms with Crippen molar-refractivity contribution in [1.29, 1.82) is 0 Å². The Bertz CT molecular complexity index is 1310. The van der Waals surface area contributed by atoms with Crippen molar-refractivity contribution < 1.29 is 13.8 Å². The Morgan fingerprint density at radius 3 is 2.56 bits per heavy atom. The first kappa shape index (κ1) is 22.5. The molecular weight excluding hydrogens is 444 g/mol. The predicted octanol–water partition coefficient (Wildman–Crippen LogP) is 5.30. The molecule has 0 bridgehead atoms. The van der Waals surface area contributed by atoms with E-state index in [1.165, 1.54) is 0 Å². The molecule has 5 rings (SSSR count). The van der Waals surface area contributed by atoms with Crippen LogP contribution in [0.2, 0.25) is 0 Å². The number of carbonyl (C=O) groups is 2. The van der Waals surface area contributed by atoms with E-state index >= 15 is 0 Å². The molecule has 6 heteroatoms. The number of amides is 2. The van der Waals surface area contributed by atoms with Gasteiger partial charge in [0, 0.05) is 11.6 Å². The molecule has 1 atom stereocenters. The summed E-state index contributed by atoms with van der Waals surface area (Å²) in [5.41, 5.74) is 4.64. The van der Waals surface area contributed by atoms with Gasteiger partial charge in [-0.05, 0) is 68.1 Å². The summed E-state index contributed by atoms with van der Waals surface area (Å²) in [6.45, 7) is 4.38. The lowest BCUT2D eigenvalue weighted by molar-refractivity contribution is 0.0935. The van der Waals surface area contributed by atoms with E-state index < -0.39 is 10.8 Å². The maximum Gasteiger partial charge on any atom is 0.259 e. The van der Waals surface area contributed by atoms with E-state index in [9.17, 15) is 13.8 Å². The van der Waals surface area contributed by atoms with Crippen LogP contribution in [0.4, 0.5) is 5.69 Å². The zero-order chi connectivity index (χ0) is 23.8. The molecule has 1 N–H and O–H groups in total. The Labute approximate surface area is 202 Å². The minimum atomic E-state index is -1.54. The highest BCUT2D eigenvalue weighted by molar-refractivity contribution is 7.85. The highest BCUT2D eigenvalue weighted by Gasteiger charge is 2.32. The van der Waals surface area contributed by atoms with E-state index in [1.54, 1.807) is 47.4 Å². The average molecular weight is 473 g/mol. The van der Waals surface area contributed by atoms with Gasteiger partial charge < -0.3 is 10.2 Å². The zero-order valence-electron chi connectivity index (χ0n) is 19.5. The number of nitrogens with one attached hydrogen (secondary N) is 1. The molecule has 1 fully saturated rings. The fourth-order valence-corrected chi connectivity index (χ4v) is 6.19. The smallest absolute Gasteiger partial charge is 0.259 e. The van der Waals surface area contributed by atoms with Gasteiger partial charge >= 0.3 is 0 Å². The van der Waals surface area contributed by atoms with Crippen LogP contribution in [0.1, 0.15) is 63.1 Å². The van der Waals surface area contributed by atoms with Crippen LogP contribution in [0.5, 0.6) is 0 Å². The fraction of sp³-hybridized carbons (Fsp3) is 0.286. The fourth-order valence-electron chi connectivity index (χ4n) is 4.84. The van der Waals surface area contributed by atoms with Gasteiger partial charge in [0.25, 0.3) is 11.8 Å². The number of nitrogens with zero attached hydrogens (tertiary/aromatic N) is 1. The molecule has 0 aromatic heterocycles. The van der Waals surface area contributed by atoms with Crippen LogP contribution in [0.3, 0.4) is 0 Å². The number of rotatable bonds is 4. The lowest BCUT2D eigenvalue weighted by atomic mass is 10.0. The van der Waals surface area contributed by atoms with Crippen molar-refractivity contribution >= 4 is 28.3 Å². The molecular formula is C28H28N2O3S. The third-order valence-corrected chi connectivity index (χ3v) is 8.30. The van der Waals surface area contributed by atoms with E-state index in [1.807, 2.05) is 26.0 Å². The first-order chi connectivity index (χ1) is 16.4. The van der Waals surface area contributed by atoms with Gasteiger partial charge in [-0.3, -0.25) is 9.59 Å². The molecule has 0 spiro atoms. The third kappa shape index (κ3) is 4.18. The number of benzene rings is 3. The standard InChI is InChI=1S/C28H28N2O3S/c1-18-11-12-19(2)21(15-18)17-30-24-16-20(27(31)29-22-7-3-4-8-22)13-14-26(24)34(33)25-10-6-5-9-23(25)28(30)32/h5-6,9-16,22H,3-4,7-8,17H2,1-2H3,(H,29,31)/t34-/m1/s1. The molecule has 1 heterocycles. The van der Waals surface area contributed by atoms with Crippen molar-refractivity contribution in [3.8, 4) is 0 Å². The topological polar surface area (TPSA) is 66.5 Å². The van der Waals surface area contributed by atoms with Gasteiger partial charge in [-0.15, -0.1) is 0 Å². The maximum absolute atomic E-state index is 13.8. The van der Waals surface area contributed by atoms with E-state index in [2.05, 4.69) is 11.4 Å². The van der Waals surface area contributed by atoms with Gasteiger partial charge in [-0.25, -0.2) is 4.21 Å². The van der Waals surface area contributed by atoms with Gasteiger partial charge in [0.2, 0.25) is 0 Å². The Morgan fingerprint density at radius 1 is 1.00 bits per heavy atom. The third-order valence-electron chi connectivity index (χ3n) is 6.80. The molecule has 1 aliphatic carbocycles. The molecule has 3 aromatic carbocycles. The Kier molecular flexibility index (Phi) is 6.09. The number of anilines is 1. The highest BCUT2D eigenvalue weighted by atomic mass is 32.2. The summed E-state index contributed by atoms with van der Waals surface area (Å²) in [6.07, 6.45) is 4.25. The SMILES string of the molecule is Cc1ccc(C)c(CN2C(=O)c3ccccc3[S@@](=O)c3ccc(C(=O)NC4CCCC4)cc32)c1. The van der Waals surface area contributed by atoms with Gasteiger partial charge in [-0.2, -0.15) is 0 Å². The highest BCUT2D eigenvalue weighted by Crippen LogP contribution is 2.36.